The Bertz CT molecular complexity index is 738. The summed E-state index contributed by atoms with van der Waals surface area (Å²) in [6, 6.07) is 7.88. The van der Waals surface area contributed by atoms with Crippen LogP contribution in [0.15, 0.2) is 24.3 Å². The Morgan fingerprint density at radius 3 is 2.29 bits per heavy atom. The Morgan fingerprint density at radius 2 is 1.62 bits per heavy atom. The number of piperazine rings is 1. The molecule has 0 spiro atoms. The van der Waals surface area contributed by atoms with E-state index in [-0.39, 0.29) is 29.5 Å². The Labute approximate surface area is 143 Å². The summed E-state index contributed by atoms with van der Waals surface area (Å²) in [5.74, 6) is 0.300. The molecule has 3 fully saturated rings. The van der Waals surface area contributed by atoms with Gasteiger partial charge in [-0.25, -0.2) is 8.42 Å². The molecule has 0 aromatic heterocycles. The monoisotopic (exact) mass is 348 g/mol. The number of aryl methyl sites for hydroxylation is 1. The normalized spacial score (nSPS) is 30.7. The predicted molar refractivity (Wildman–Crippen MR) is 93.9 cm³/mol. The second-order valence-electron chi connectivity index (χ2n) is 7.42. The first-order chi connectivity index (χ1) is 11.4. The van der Waals surface area contributed by atoms with Gasteiger partial charge in [-0.1, -0.05) is 30.5 Å². The van der Waals surface area contributed by atoms with E-state index in [1.54, 1.807) is 4.90 Å². The van der Waals surface area contributed by atoms with Crippen molar-refractivity contribution in [1.82, 2.24) is 4.90 Å². The van der Waals surface area contributed by atoms with Crippen molar-refractivity contribution >= 4 is 21.4 Å². The van der Waals surface area contributed by atoms with Crippen molar-refractivity contribution in [2.24, 2.45) is 0 Å². The maximum Gasteiger partial charge on any atom is 0.241 e. The summed E-state index contributed by atoms with van der Waals surface area (Å²) in [7, 11) is -3.10. The number of sulfone groups is 1. The Morgan fingerprint density at radius 1 is 1.00 bits per heavy atom. The third kappa shape index (κ3) is 2.75. The highest BCUT2D eigenvalue weighted by molar-refractivity contribution is 7.91. The van der Waals surface area contributed by atoms with Gasteiger partial charge >= 0.3 is 0 Å². The lowest BCUT2D eigenvalue weighted by atomic mass is 10.00. The van der Waals surface area contributed by atoms with Crippen molar-refractivity contribution in [3.8, 4) is 0 Å². The maximum atomic E-state index is 12.9. The topological polar surface area (TPSA) is 57.7 Å². The summed E-state index contributed by atoms with van der Waals surface area (Å²) in [6.45, 7) is 2.35. The van der Waals surface area contributed by atoms with Crippen LogP contribution in [-0.4, -0.2) is 55.4 Å². The molecule has 1 aliphatic carbocycles. The fourth-order valence-electron chi connectivity index (χ4n) is 4.59. The van der Waals surface area contributed by atoms with Crippen molar-refractivity contribution in [2.75, 3.05) is 23.0 Å². The quantitative estimate of drug-likeness (QED) is 0.817. The van der Waals surface area contributed by atoms with Gasteiger partial charge in [0.05, 0.1) is 24.1 Å². The number of anilines is 1. The van der Waals surface area contributed by atoms with Gasteiger partial charge in [-0.05, 0) is 31.9 Å². The molecule has 0 radical (unpaired) electrons. The summed E-state index contributed by atoms with van der Waals surface area (Å²) in [5, 5.41) is 0. The van der Waals surface area contributed by atoms with Crippen molar-refractivity contribution in [1.29, 1.82) is 0 Å². The Hall–Kier alpha value is -1.40. The van der Waals surface area contributed by atoms with Gasteiger partial charge in [-0.2, -0.15) is 0 Å². The number of hydrogen-bond donors (Lipinski definition) is 0. The highest BCUT2D eigenvalue weighted by Gasteiger charge is 2.51. The standard InChI is InChI=1S/C18H24N2O3S/c1-13-6-8-15(9-7-13)20-17-12-24(22,23)11-16(17)19(10-18(20)21)14-4-2-3-5-14/h6-9,14,16-17H,2-5,10-12H2,1H3. The number of rotatable bonds is 2. The first kappa shape index (κ1) is 16.1. The van der Waals surface area contributed by atoms with Gasteiger partial charge in [0.2, 0.25) is 5.91 Å². The molecule has 5 nitrogen and oxygen atoms in total. The lowest BCUT2D eigenvalue weighted by Gasteiger charge is -2.46. The van der Waals surface area contributed by atoms with E-state index < -0.39 is 9.84 Å². The second-order valence-corrected chi connectivity index (χ2v) is 9.58. The summed E-state index contributed by atoms with van der Waals surface area (Å²) >= 11 is 0. The molecular formula is C18H24N2O3S. The molecule has 2 saturated heterocycles. The van der Waals surface area contributed by atoms with Crippen LogP contribution in [0.4, 0.5) is 5.69 Å². The molecule has 0 N–H and O–H groups in total. The van der Waals surface area contributed by atoms with Crippen molar-refractivity contribution in [3.05, 3.63) is 29.8 Å². The van der Waals surface area contributed by atoms with E-state index in [9.17, 15) is 13.2 Å². The molecule has 3 aliphatic rings. The fraction of sp³-hybridized carbons (Fsp3) is 0.611. The Balaban J connectivity index is 1.70. The minimum atomic E-state index is -3.10. The summed E-state index contributed by atoms with van der Waals surface area (Å²) in [5.41, 5.74) is 1.95. The summed E-state index contributed by atoms with van der Waals surface area (Å²) in [6.07, 6.45) is 4.53. The van der Waals surface area contributed by atoms with Crippen LogP contribution in [0.1, 0.15) is 31.2 Å². The molecule has 24 heavy (non-hydrogen) atoms. The molecule has 1 saturated carbocycles. The first-order valence-electron chi connectivity index (χ1n) is 8.79. The summed E-state index contributed by atoms with van der Waals surface area (Å²) in [4.78, 5) is 16.8. The third-order valence-electron chi connectivity index (χ3n) is 5.74. The molecule has 130 valence electrons. The van der Waals surface area contributed by atoms with Crippen LogP contribution in [0.3, 0.4) is 0 Å². The molecule has 6 heteroatoms. The van der Waals surface area contributed by atoms with Crippen LogP contribution in [0.5, 0.6) is 0 Å². The number of amides is 1. The second kappa shape index (κ2) is 5.85. The molecular weight excluding hydrogens is 324 g/mol. The smallest absolute Gasteiger partial charge is 0.241 e. The minimum absolute atomic E-state index is 0.0316. The largest absolute Gasteiger partial charge is 0.306 e. The van der Waals surface area contributed by atoms with Crippen molar-refractivity contribution in [3.63, 3.8) is 0 Å². The highest BCUT2D eigenvalue weighted by Crippen LogP contribution is 2.36. The van der Waals surface area contributed by atoms with Gasteiger partial charge in [-0.15, -0.1) is 0 Å². The van der Waals surface area contributed by atoms with Crippen LogP contribution in [0.2, 0.25) is 0 Å². The van der Waals surface area contributed by atoms with Gasteiger partial charge < -0.3 is 4.90 Å². The number of carbonyl (C=O) groups is 1. The number of carbonyl (C=O) groups excluding carboxylic acids is 1. The summed E-state index contributed by atoms with van der Waals surface area (Å²) < 4.78 is 24.7. The number of nitrogens with zero attached hydrogens (tertiary/aromatic N) is 2. The SMILES string of the molecule is Cc1ccc(N2C(=O)CN(C3CCCC3)C3CS(=O)(=O)CC32)cc1. The van der Waals surface area contributed by atoms with E-state index >= 15 is 0 Å². The number of fused-ring (bicyclic) bond motifs is 1. The lowest BCUT2D eigenvalue weighted by Crippen LogP contribution is -2.64. The predicted octanol–water partition coefficient (Wildman–Crippen LogP) is 1.75. The van der Waals surface area contributed by atoms with Gasteiger partial charge in [0.1, 0.15) is 0 Å². The average molecular weight is 348 g/mol. The van der Waals surface area contributed by atoms with E-state index in [1.165, 1.54) is 12.8 Å². The zero-order valence-electron chi connectivity index (χ0n) is 14.0. The molecule has 1 aromatic rings. The number of benzene rings is 1. The van der Waals surface area contributed by atoms with Gasteiger partial charge in [0.25, 0.3) is 0 Å². The van der Waals surface area contributed by atoms with E-state index in [4.69, 9.17) is 0 Å². The van der Waals surface area contributed by atoms with Gasteiger partial charge in [0, 0.05) is 17.8 Å². The minimum Gasteiger partial charge on any atom is -0.306 e. The van der Waals surface area contributed by atoms with Gasteiger partial charge in [0.15, 0.2) is 9.84 Å². The van der Waals surface area contributed by atoms with Crippen LogP contribution in [0.25, 0.3) is 0 Å². The maximum absolute atomic E-state index is 12.9. The number of hydrogen-bond acceptors (Lipinski definition) is 4. The first-order valence-corrected chi connectivity index (χ1v) is 10.6. The van der Waals surface area contributed by atoms with E-state index in [1.807, 2.05) is 31.2 Å². The molecule has 2 aliphatic heterocycles. The molecule has 2 atom stereocenters. The van der Waals surface area contributed by atoms with Crippen LogP contribution < -0.4 is 4.90 Å². The van der Waals surface area contributed by atoms with E-state index in [2.05, 4.69) is 4.90 Å². The molecule has 2 heterocycles. The highest BCUT2D eigenvalue weighted by atomic mass is 32.2. The molecule has 1 aromatic carbocycles. The van der Waals surface area contributed by atoms with E-state index in [0.717, 1.165) is 24.1 Å². The third-order valence-corrected chi connectivity index (χ3v) is 7.44. The zero-order valence-corrected chi connectivity index (χ0v) is 14.8. The van der Waals surface area contributed by atoms with Crippen molar-refractivity contribution < 1.29 is 13.2 Å². The molecule has 0 bridgehead atoms. The lowest BCUT2D eigenvalue weighted by molar-refractivity contribution is -0.124. The van der Waals surface area contributed by atoms with Gasteiger partial charge in [-0.3, -0.25) is 9.69 Å². The Kier molecular flexibility index (Phi) is 3.92. The molecule has 4 rings (SSSR count). The molecule has 2 unspecified atom stereocenters. The average Bonchev–Trinajstić information content (AvgIpc) is 3.14. The fourth-order valence-corrected chi connectivity index (χ4v) is 6.55. The molecule has 1 amide bonds. The van der Waals surface area contributed by atoms with Crippen LogP contribution in [-0.2, 0) is 14.6 Å². The zero-order chi connectivity index (χ0) is 16.9. The van der Waals surface area contributed by atoms with Crippen LogP contribution >= 0.6 is 0 Å². The van der Waals surface area contributed by atoms with Crippen LogP contribution in [0, 0.1) is 6.92 Å². The van der Waals surface area contributed by atoms with E-state index in [0.29, 0.717) is 12.6 Å². The van der Waals surface area contributed by atoms with Crippen molar-refractivity contribution in [2.45, 2.75) is 50.7 Å².